The fourth-order valence-corrected chi connectivity index (χ4v) is 3.03. The highest BCUT2D eigenvalue weighted by Crippen LogP contribution is 2.15. The molecule has 2 aromatic carbocycles. The molecular formula is C19H22N2O2S. The molecule has 0 bridgehead atoms. The second-order valence-electron chi connectivity index (χ2n) is 5.31. The maximum absolute atomic E-state index is 11.9. The van der Waals surface area contributed by atoms with Crippen molar-refractivity contribution in [2.45, 2.75) is 19.1 Å². The van der Waals surface area contributed by atoms with Crippen molar-refractivity contribution in [1.29, 1.82) is 0 Å². The summed E-state index contributed by atoms with van der Waals surface area (Å²) in [7, 11) is 0. The van der Waals surface area contributed by atoms with Crippen molar-refractivity contribution in [3.8, 4) is 0 Å². The van der Waals surface area contributed by atoms with Crippen LogP contribution < -0.4 is 10.6 Å². The zero-order chi connectivity index (χ0) is 17.2. The van der Waals surface area contributed by atoms with Gasteiger partial charge in [0.15, 0.2) is 0 Å². The van der Waals surface area contributed by atoms with E-state index in [1.165, 1.54) is 17.3 Å². The second-order valence-corrected chi connectivity index (χ2v) is 6.30. The Kier molecular flexibility index (Phi) is 7.36. The number of rotatable bonds is 8. The Morgan fingerprint density at radius 1 is 0.958 bits per heavy atom. The predicted molar refractivity (Wildman–Crippen MR) is 100 cm³/mol. The topological polar surface area (TPSA) is 58.2 Å². The van der Waals surface area contributed by atoms with Crippen molar-refractivity contribution in [3.05, 3.63) is 65.7 Å². The maximum atomic E-state index is 11.9. The first-order chi connectivity index (χ1) is 11.7. The SMILES string of the molecule is CCc1ccccc1NC(=O)CNC(=O)CSCc1ccccc1. The average molecular weight is 342 g/mol. The monoisotopic (exact) mass is 342 g/mol. The Labute approximate surface area is 147 Å². The van der Waals surface area contributed by atoms with Gasteiger partial charge in [-0.15, -0.1) is 11.8 Å². The highest BCUT2D eigenvalue weighted by atomic mass is 32.2. The van der Waals surface area contributed by atoms with Gasteiger partial charge in [0.05, 0.1) is 12.3 Å². The Morgan fingerprint density at radius 2 is 1.67 bits per heavy atom. The number of carbonyl (C=O) groups excluding carboxylic acids is 2. The number of aryl methyl sites for hydroxylation is 1. The first-order valence-corrected chi connectivity index (χ1v) is 9.10. The molecule has 0 radical (unpaired) electrons. The highest BCUT2D eigenvalue weighted by Gasteiger charge is 2.08. The molecular weight excluding hydrogens is 320 g/mol. The lowest BCUT2D eigenvalue weighted by atomic mass is 10.1. The molecule has 2 amide bonds. The van der Waals surface area contributed by atoms with E-state index in [-0.39, 0.29) is 18.4 Å². The summed E-state index contributed by atoms with van der Waals surface area (Å²) in [6.07, 6.45) is 0.846. The van der Waals surface area contributed by atoms with E-state index in [0.29, 0.717) is 5.75 Å². The van der Waals surface area contributed by atoms with Gasteiger partial charge in [0.1, 0.15) is 0 Å². The van der Waals surface area contributed by atoms with Crippen LogP contribution in [0.4, 0.5) is 5.69 Å². The first-order valence-electron chi connectivity index (χ1n) is 7.95. The van der Waals surface area contributed by atoms with Crippen LogP contribution in [-0.2, 0) is 21.8 Å². The van der Waals surface area contributed by atoms with Crippen molar-refractivity contribution in [2.24, 2.45) is 0 Å². The summed E-state index contributed by atoms with van der Waals surface area (Å²) in [5.74, 6) is 0.782. The summed E-state index contributed by atoms with van der Waals surface area (Å²) in [5, 5.41) is 5.49. The molecule has 0 saturated carbocycles. The van der Waals surface area contributed by atoms with Gasteiger partial charge in [-0.3, -0.25) is 9.59 Å². The molecule has 2 rings (SSSR count). The van der Waals surface area contributed by atoms with Crippen molar-refractivity contribution in [1.82, 2.24) is 5.32 Å². The molecule has 5 heteroatoms. The van der Waals surface area contributed by atoms with E-state index >= 15 is 0 Å². The molecule has 0 heterocycles. The van der Waals surface area contributed by atoms with Crippen molar-refractivity contribution in [2.75, 3.05) is 17.6 Å². The Bertz CT molecular complexity index is 674. The smallest absolute Gasteiger partial charge is 0.243 e. The lowest BCUT2D eigenvalue weighted by Gasteiger charge is -2.10. The van der Waals surface area contributed by atoms with Crippen LogP contribution in [0.3, 0.4) is 0 Å². The minimum absolute atomic E-state index is 0.0111. The average Bonchev–Trinajstić information content (AvgIpc) is 2.61. The van der Waals surface area contributed by atoms with Crippen LogP contribution in [0.2, 0.25) is 0 Å². The number of amides is 2. The zero-order valence-electron chi connectivity index (χ0n) is 13.7. The molecule has 2 aromatic rings. The van der Waals surface area contributed by atoms with Crippen LogP contribution >= 0.6 is 11.8 Å². The maximum Gasteiger partial charge on any atom is 0.243 e. The van der Waals surface area contributed by atoms with Gasteiger partial charge < -0.3 is 10.6 Å². The van der Waals surface area contributed by atoms with Gasteiger partial charge in [-0.05, 0) is 23.6 Å². The number of thioether (sulfide) groups is 1. The van der Waals surface area contributed by atoms with Gasteiger partial charge in [-0.2, -0.15) is 0 Å². The van der Waals surface area contributed by atoms with Crippen LogP contribution in [0.25, 0.3) is 0 Å². The number of hydrogen-bond acceptors (Lipinski definition) is 3. The van der Waals surface area contributed by atoms with Crippen LogP contribution in [0.15, 0.2) is 54.6 Å². The van der Waals surface area contributed by atoms with Crippen molar-refractivity contribution in [3.63, 3.8) is 0 Å². The molecule has 4 nitrogen and oxygen atoms in total. The molecule has 0 aliphatic rings. The van der Waals surface area contributed by atoms with E-state index in [4.69, 9.17) is 0 Å². The summed E-state index contributed by atoms with van der Waals surface area (Å²) in [6.45, 7) is 2.03. The third-order valence-corrected chi connectivity index (χ3v) is 4.47. The minimum Gasteiger partial charge on any atom is -0.346 e. The number of nitrogens with one attached hydrogen (secondary N) is 2. The third kappa shape index (κ3) is 6.08. The lowest BCUT2D eigenvalue weighted by Crippen LogP contribution is -2.34. The molecule has 0 unspecified atom stereocenters. The van der Waals surface area contributed by atoms with Gasteiger partial charge in [-0.25, -0.2) is 0 Å². The summed E-state index contributed by atoms with van der Waals surface area (Å²) in [4.78, 5) is 23.7. The molecule has 0 saturated heterocycles. The normalized spacial score (nSPS) is 10.2. The number of anilines is 1. The Balaban J connectivity index is 1.68. The Hall–Kier alpha value is -2.27. The first kappa shape index (κ1) is 18.1. The van der Waals surface area contributed by atoms with Crippen LogP contribution in [0, 0.1) is 0 Å². The summed E-state index contributed by atoms with van der Waals surface area (Å²) in [5.41, 5.74) is 3.07. The fraction of sp³-hybridized carbons (Fsp3) is 0.263. The third-order valence-electron chi connectivity index (χ3n) is 3.46. The van der Waals surface area contributed by atoms with Gasteiger partial charge in [0, 0.05) is 11.4 Å². The number of hydrogen-bond donors (Lipinski definition) is 2. The number of para-hydroxylation sites is 1. The summed E-state index contributed by atoms with van der Waals surface area (Å²) in [6, 6.07) is 17.7. The zero-order valence-corrected chi connectivity index (χ0v) is 14.6. The van der Waals surface area contributed by atoms with Crippen molar-refractivity contribution >= 4 is 29.3 Å². The standard InChI is InChI=1S/C19H22N2O2S/c1-2-16-10-6-7-11-17(16)21-18(22)12-20-19(23)14-24-13-15-8-4-3-5-9-15/h3-11H,2,12-14H2,1H3,(H,20,23)(H,21,22). The summed E-state index contributed by atoms with van der Waals surface area (Å²) >= 11 is 1.53. The van der Waals surface area contributed by atoms with E-state index in [1.54, 1.807) is 0 Å². The van der Waals surface area contributed by atoms with E-state index in [1.807, 2.05) is 61.5 Å². The largest absolute Gasteiger partial charge is 0.346 e. The second kappa shape index (κ2) is 9.78. The molecule has 0 aromatic heterocycles. The van der Waals surface area contributed by atoms with E-state index in [2.05, 4.69) is 10.6 Å². The molecule has 2 N–H and O–H groups in total. The quantitative estimate of drug-likeness (QED) is 0.774. The highest BCUT2D eigenvalue weighted by molar-refractivity contribution is 7.99. The minimum atomic E-state index is -0.211. The van der Waals surface area contributed by atoms with Gasteiger partial charge in [0.2, 0.25) is 11.8 Å². The van der Waals surface area contributed by atoms with Gasteiger partial charge in [0.25, 0.3) is 0 Å². The molecule has 24 heavy (non-hydrogen) atoms. The van der Waals surface area contributed by atoms with E-state index < -0.39 is 0 Å². The van der Waals surface area contributed by atoms with Crippen molar-refractivity contribution < 1.29 is 9.59 Å². The van der Waals surface area contributed by atoms with Gasteiger partial charge in [-0.1, -0.05) is 55.5 Å². The Morgan fingerprint density at radius 3 is 2.42 bits per heavy atom. The van der Waals surface area contributed by atoms with Crippen LogP contribution in [0.1, 0.15) is 18.1 Å². The number of carbonyl (C=O) groups is 2. The lowest BCUT2D eigenvalue weighted by molar-refractivity contribution is -0.122. The molecule has 0 aliphatic heterocycles. The predicted octanol–water partition coefficient (Wildman–Crippen LogP) is 3.24. The number of benzene rings is 2. The fourth-order valence-electron chi connectivity index (χ4n) is 2.21. The molecule has 0 fully saturated rings. The van der Waals surface area contributed by atoms with E-state index in [9.17, 15) is 9.59 Å². The molecule has 126 valence electrons. The molecule has 0 aliphatic carbocycles. The van der Waals surface area contributed by atoms with Gasteiger partial charge >= 0.3 is 0 Å². The van der Waals surface area contributed by atoms with Crippen LogP contribution in [0.5, 0.6) is 0 Å². The van der Waals surface area contributed by atoms with E-state index in [0.717, 1.165) is 23.4 Å². The molecule has 0 atom stereocenters. The summed E-state index contributed by atoms with van der Waals surface area (Å²) < 4.78 is 0. The molecule has 0 spiro atoms. The van der Waals surface area contributed by atoms with Crippen LogP contribution in [-0.4, -0.2) is 24.1 Å².